The topological polar surface area (TPSA) is 43.4 Å². The summed E-state index contributed by atoms with van der Waals surface area (Å²) in [4.78, 5) is 23.5. The maximum absolute atomic E-state index is 11.9. The molecule has 3 fully saturated rings. The Bertz CT molecular complexity index is 719. The lowest BCUT2D eigenvalue weighted by Gasteiger charge is -2.57. The summed E-state index contributed by atoms with van der Waals surface area (Å²) < 4.78 is 4.86. The molecular weight excluding hydrogens is 348 g/mol. The Hall–Kier alpha value is -1.38. The monoisotopic (exact) mass is 384 g/mol. The van der Waals surface area contributed by atoms with E-state index >= 15 is 0 Å². The molecule has 0 aliphatic heterocycles. The highest BCUT2D eigenvalue weighted by Gasteiger charge is 2.58. The van der Waals surface area contributed by atoms with Crippen LogP contribution in [0.3, 0.4) is 0 Å². The number of fused-ring (bicyclic) bond motifs is 5. The van der Waals surface area contributed by atoms with Crippen LogP contribution in [-0.2, 0) is 14.3 Å². The van der Waals surface area contributed by atoms with E-state index in [1.54, 1.807) is 0 Å². The van der Waals surface area contributed by atoms with Gasteiger partial charge in [-0.25, -0.2) is 0 Å². The van der Waals surface area contributed by atoms with Crippen LogP contribution < -0.4 is 0 Å². The standard InChI is InChI=1S/C25H36O3/c1-16(5-10-23(27)28-4)20-8-9-21-19-7-6-17-15-18(26)11-13-24(17,2)22(19)12-14-25(20,21)3/h11,13,15-16,19-22H,5-10,12,14H2,1-4H3. The van der Waals surface area contributed by atoms with Gasteiger partial charge in [-0.2, -0.15) is 0 Å². The van der Waals surface area contributed by atoms with E-state index in [9.17, 15) is 9.59 Å². The molecule has 154 valence electrons. The molecule has 0 radical (unpaired) electrons. The maximum Gasteiger partial charge on any atom is 0.305 e. The fourth-order valence-electron chi connectivity index (χ4n) is 7.82. The number of ketones is 1. The number of carbonyl (C=O) groups excluding carboxylic acids is 2. The maximum atomic E-state index is 11.9. The third-order valence-electron chi connectivity index (χ3n) is 9.35. The lowest BCUT2D eigenvalue weighted by atomic mass is 9.47. The lowest BCUT2D eigenvalue weighted by molar-refractivity contribution is -0.141. The Morgan fingerprint density at radius 2 is 2.00 bits per heavy atom. The average Bonchev–Trinajstić information content (AvgIpc) is 3.03. The van der Waals surface area contributed by atoms with Crippen molar-refractivity contribution in [1.82, 2.24) is 0 Å². The molecule has 0 amide bonds. The second kappa shape index (κ2) is 7.15. The van der Waals surface area contributed by atoms with Gasteiger partial charge < -0.3 is 4.74 Å². The highest BCUT2D eigenvalue weighted by molar-refractivity contribution is 6.01. The van der Waals surface area contributed by atoms with Crippen molar-refractivity contribution < 1.29 is 14.3 Å². The van der Waals surface area contributed by atoms with Crippen molar-refractivity contribution in [2.24, 2.45) is 40.4 Å². The van der Waals surface area contributed by atoms with Gasteiger partial charge in [-0.05, 0) is 92.1 Å². The van der Waals surface area contributed by atoms with E-state index in [1.807, 2.05) is 12.2 Å². The van der Waals surface area contributed by atoms with Gasteiger partial charge in [0.15, 0.2) is 5.78 Å². The fraction of sp³-hybridized carbons (Fsp3) is 0.760. The van der Waals surface area contributed by atoms with E-state index < -0.39 is 0 Å². The summed E-state index contributed by atoms with van der Waals surface area (Å²) in [5, 5.41) is 0. The van der Waals surface area contributed by atoms with Gasteiger partial charge in [-0.15, -0.1) is 0 Å². The molecular formula is C25H36O3. The number of allylic oxidation sites excluding steroid dienone is 4. The highest BCUT2D eigenvalue weighted by atomic mass is 16.5. The number of hydrogen-bond acceptors (Lipinski definition) is 3. The Labute approximate surface area is 170 Å². The molecule has 0 aromatic carbocycles. The zero-order valence-corrected chi connectivity index (χ0v) is 18.0. The van der Waals surface area contributed by atoms with E-state index in [-0.39, 0.29) is 17.2 Å². The summed E-state index contributed by atoms with van der Waals surface area (Å²) in [6.07, 6.45) is 15.0. The number of rotatable bonds is 4. The summed E-state index contributed by atoms with van der Waals surface area (Å²) in [6, 6.07) is 0. The first-order valence-corrected chi connectivity index (χ1v) is 11.3. The van der Waals surface area contributed by atoms with Crippen molar-refractivity contribution >= 4 is 11.8 Å². The molecule has 0 N–H and O–H groups in total. The molecule has 7 unspecified atom stereocenters. The van der Waals surface area contributed by atoms with Crippen molar-refractivity contribution in [2.45, 2.75) is 72.1 Å². The van der Waals surface area contributed by atoms with Gasteiger partial charge >= 0.3 is 5.97 Å². The quantitative estimate of drug-likeness (QED) is 0.601. The fourth-order valence-corrected chi connectivity index (χ4v) is 7.82. The molecule has 3 heteroatoms. The van der Waals surface area contributed by atoms with Gasteiger partial charge in [0, 0.05) is 11.8 Å². The molecule has 4 aliphatic carbocycles. The molecule has 3 nitrogen and oxygen atoms in total. The SMILES string of the molecule is COC(=O)CCC(C)C1CCC2C3CCC4=CC(=O)C=CC4(C)C3CCC12C. The van der Waals surface area contributed by atoms with Crippen LogP contribution in [0.25, 0.3) is 0 Å². The Balaban J connectivity index is 1.52. The van der Waals surface area contributed by atoms with Crippen LogP contribution in [0.4, 0.5) is 0 Å². The Kier molecular flexibility index (Phi) is 5.08. The zero-order chi connectivity index (χ0) is 20.1. The molecule has 7 atom stereocenters. The van der Waals surface area contributed by atoms with E-state index in [1.165, 1.54) is 44.8 Å². The molecule has 0 bridgehead atoms. The van der Waals surface area contributed by atoms with Crippen molar-refractivity contribution in [3.05, 3.63) is 23.8 Å². The van der Waals surface area contributed by atoms with Crippen LogP contribution in [0.2, 0.25) is 0 Å². The summed E-state index contributed by atoms with van der Waals surface area (Å²) in [5.41, 5.74) is 1.88. The van der Waals surface area contributed by atoms with Gasteiger partial charge in [0.2, 0.25) is 0 Å². The minimum absolute atomic E-state index is 0.0755. The Morgan fingerprint density at radius 3 is 2.75 bits per heavy atom. The third kappa shape index (κ3) is 3.00. The minimum Gasteiger partial charge on any atom is -0.469 e. The molecule has 28 heavy (non-hydrogen) atoms. The normalized spacial score (nSPS) is 42.9. The molecule has 0 heterocycles. The van der Waals surface area contributed by atoms with Crippen LogP contribution in [0, 0.1) is 40.4 Å². The predicted octanol–water partition coefficient (Wildman–Crippen LogP) is 5.50. The van der Waals surface area contributed by atoms with Crippen LogP contribution in [-0.4, -0.2) is 18.9 Å². The van der Waals surface area contributed by atoms with Gasteiger partial charge in [0.1, 0.15) is 0 Å². The van der Waals surface area contributed by atoms with Crippen LogP contribution in [0.5, 0.6) is 0 Å². The molecule has 0 aromatic rings. The van der Waals surface area contributed by atoms with Crippen molar-refractivity contribution in [3.63, 3.8) is 0 Å². The summed E-state index contributed by atoms with van der Waals surface area (Å²) in [5.74, 6) is 3.64. The smallest absolute Gasteiger partial charge is 0.305 e. The molecule has 0 aromatic heterocycles. The van der Waals surface area contributed by atoms with Crippen LogP contribution >= 0.6 is 0 Å². The van der Waals surface area contributed by atoms with Gasteiger partial charge in [0.05, 0.1) is 7.11 Å². The predicted molar refractivity (Wildman–Crippen MR) is 111 cm³/mol. The summed E-state index contributed by atoms with van der Waals surface area (Å²) in [6.45, 7) is 7.28. The van der Waals surface area contributed by atoms with E-state index in [2.05, 4.69) is 26.8 Å². The second-order valence-corrected chi connectivity index (χ2v) is 10.4. The lowest BCUT2D eigenvalue weighted by Crippen LogP contribution is -2.50. The van der Waals surface area contributed by atoms with Gasteiger partial charge in [-0.1, -0.05) is 32.4 Å². The molecule has 3 saturated carbocycles. The molecule has 0 spiro atoms. The van der Waals surface area contributed by atoms with Crippen molar-refractivity contribution in [1.29, 1.82) is 0 Å². The Morgan fingerprint density at radius 1 is 1.21 bits per heavy atom. The third-order valence-corrected chi connectivity index (χ3v) is 9.35. The number of methoxy groups -OCH3 is 1. The first kappa shape index (κ1) is 19.9. The summed E-state index contributed by atoms with van der Waals surface area (Å²) in [7, 11) is 1.49. The van der Waals surface area contributed by atoms with Crippen molar-refractivity contribution in [2.75, 3.05) is 7.11 Å². The van der Waals surface area contributed by atoms with Crippen molar-refractivity contribution in [3.8, 4) is 0 Å². The van der Waals surface area contributed by atoms with E-state index in [0.29, 0.717) is 23.7 Å². The first-order chi connectivity index (χ1) is 13.3. The van der Waals surface area contributed by atoms with Crippen LogP contribution in [0.15, 0.2) is 23.8 Å². The van der Waals surface area contributed by atoms with E-state index in [4.69, 9.17) is 4.74 Å². The van der Waals surface area contributed by atoms with Crippen LogP contribution in [0.1, 0.15) is 72.1 Å². The first-order valence-electron chi connectivity index (χ1n) is 11.3. The van der Waals surface area contributed by atoms with Gasteiger partial charge in [0.25, 0.3) is 0 Å². The minimum atomic E-state index is -0.0755. The number of hydrogen-bond donors (Lipinski definition) is 0. The van der Waals surface area contributed by atoms with Gasteiger partial charge in [-0.3, -0.25) is 9.59 Å². The van der Waals surface area contributed by atoms with E-state index in [0.717, 1.165) is 30.6 Å². The zero-order valence-electron chi connectivity index (χ0n) is 18.0. The number of ether oxygens (including phenoxy) is 1. The summed E-state index contributed by atoms with van der Waals surface area (Å²) >= 11 is 0. The second-order valence-electron chi connectivity index (χ2n) is 10.4. The molecule has 4 aliphatic rings. The number of esters is 1. The number of carbonyl (C=O) groups is 2. The molecule has 0 saturated heterocycles. The molecule has 4 rings (SSSR count). The highest BCUT2D eigenvalue weighted by Crippen LogP contribution is 2.67. The largest absolute Gasteiger partial charge is 0.469 e. The average molecular weight is 385 g/mol.